The van der Waals surface area contributed by atoms with E-state index in [0.717, 1.165) is 25.9 Å². The van der Waals surface area contributed by atoms with E-state index < -0.39 is 0 Å². The highest BCUT2D eigenvalue weighted by atomic mass is 16.5. The Hall–Kier alpha value is -1.10. The summed E-state index contributed by atoms with van der Waals surface area (Å²) in [5, 5.41) is 2.65. The van der Waals surface area contributed by atoms with E-state index in [4.69, 9.17) is 4.74 Å². The number of nitrogens with one attached hydrogen (secondary N) is 1. The van der Waals surface area contributed by atoms with Crippen molar-refractivity contribution < 1.29 is 14.3 Å². The van der Waals surface area contributed by atoms with Gasteiger partial charge in [0, 0.05) is 19.8 Å². The quantitative estimate of drug-likeness (QED) is 0.674. The van der Waals surface area contributed by atoms with Crippen LogP contribution < -0.4 is 5.32 Å². The lowest BCUT2D eigenvalue weighted by Crippen LogP contribution is -2.60. The third-order valence-electron chi connectivity index (χ3n) is 3.30. The van der Waals surface area contributed by atoms with Crippen molar-refractivity contribution in [3.8, 4) is 0 Å². The summed E-state index contributed by atoms with van der Waals surface area (Å²) in [6.07, 6.45) is 2.98. The van der Waals surface area contributed by atoms with Crippen LogP contribution in [0.25, 0.3) is 0 Å². The van der Waals surface area contributed by atoms with Gasteiger partial charge in [-0.2, -0.15) is 0 Å². The van der Waals surface area contributed by atoms with Crippen LogP contribution in [0, 0.1) is 5.92 Å². The van der Waals surface area contributed by atoms with Crippen LogP contribution in [0.1, 0.15) is 40.0 Å². The number of hydrogen-bond acceptors (Lipinski definition) is 3. The lowest BCUT2D eigenvalue weighted by atomic mass is 9.99. The van der Waals surface area contributed by atoms with Gasteiger partial charge in [-0.1, -0.05) is 27.2 Å². The zero-order valence-electron chi connectivity index (χ0n) is 12.3. The molecular weight excluding hydrogens is 244 g/mol. The molecule has 0 aromatic rings. The Morgan fingerprint density at radius 3 is 2.63 bits per heavy atom. The van der Waals surface area contributed by atoms with Gasteiger partial charge in [-0.25, -0.2) is 0 Å². The van der Waals surface area contributed by atoms with Crippen molar-refractivity contribution in [2.45, 2.75) is 46.1 Å². The molecule has 1 N–H and O–H groups in total. The summed E-state index contributed by atoms with van der Waals surface area (Å²) >= 11 is 0. The van der Waals surface area contributed by atoms with Crippen molar-refractivity contribution in [3.63, 3.8) is 0 Å². The molecule has 2 amide bonds. The van der Waals surface area contributed by atoms with Crippen LogP contribution in [-0.4, -0.2) is 49.1 Å². The average molecular weight is 270 g/mol. The Kier molecular flexibility index (Phi) is 6.84. The standard InChI is InChI=1S/C14H26N2O3/c1-4-5-8-19-9-6-7-16-12(17)10-15-14(18)13(16)11(2)3/h11,13H,4-10H2,1-3H3,(H,15,18). The molecule has 0 aromatic carbocycles. The molecule has 0 aromatic heterocycles. The first-order valence-corrected chi connectivity index (χ1v) is 7.22. The van der Waals surface area contributed by atoms with E-state index in [-0.39, 0.29) is 30.3 Å². The lowest BCUT2D eigenvalue weighted by molar-refractivity contribution is -0.147. The summed E-state index contributed by atoms with van der Waals surface area (Å²) in [7, 11) is 0. The molecule has 0 spiro atoms. The fourth-order valence-electron chi connectivity index (χ4n) is 2.28. The number of unbranched alkanes of at least 4 members (excludes halogenated alkanes) is 1. The fourth-order valence-corrected chi connectivity index (χ4v) is 2.28. The first-order valence-electron chi connectivity index (χ1n) is 7.22. The number of nitrogens with zero attached hydrogens (tertiary/aromatic N) is 1. The smallest absolute Gasteiger partial charge is 0.243 e. The Labute approximate surface area is 115 Å². The molecule has 1 atom stereocenters. The molecule has 0 saturated carbocycles. The zero-order valence-corrected chi connectivity index (χ0v) is 12.3. The van der Waals surface area contributed by atoms with E-state index in [1.807, 2.05) is 13.8 Å². The van der Waals surface area contributed by atoms with Gasteiger partial charge in [0.05, 0.1) is 6.54 Å². The summed E-state index contributed by atoms with van der Waals surface area (Å²) in [6, 6.07) is -0.336. The van der Waals surface area contributed by atoms with Gasteiger partial charge >= 0.3 is 0 Å². The number of carbonyl (C=O) groups is 2. The Bertz CT molecular complexity index is 305. The molecule has 19 heavy (non-hydrogen) atoms. The number of hydrogen-bond donors (Lipinski definition) is 1. The van der Waals surface area contributed by atoms with Gasteiger partial charge in [-0.05, 0) is 18.8 Å². The predicted octanol–water partition coefficient (Wildman–Crippen LogP) is 1.18. The van der Waals surface area contributed by atoms with Gasteiger partial charge in [0.1, 0.15) is 6.04 Å². The molecule has 1 aliphatic heterocycles. The van der Waals surface area contributed by atoms with Gasteiger partial charge in [-0.15, -0.1) is 0 Å². The zero-order chi connectivity index (χ0) is 14.3. The van der Waals surface area contributed by atoms with Gasteiger partial charge in [0.15, 0.2) is 0 Å². The van der Waals surface area contributed by atoms with Gasteiger partial charge in [-0.3, -0.25) is 9.59 Å². The maximum atomic E-state index is 11.9. The molecule has 0 bridgehead atoms. The highest BCUT2D eigenvalue weighted by Crippen LogP contribution is 2.15. The monoisotopic (exact) mass is 270 g/mol. The fraction of sp³-hybridized carbons (Fsp3) is 0.857. The first kappa shape index (κ1) is 16.0. The normalized spacial score (nSPS) is 20.0. The van der Waals surface area contributed by atoms with E-state index in [9.17, 15) is 9.59 Å². The summed E-state index contributed by atoms with van der Waals surface area (Å²) < 4.78 is 5.48. The van der Waals surface area contributed by atoms with Gasteiger partial charge in [0.25, 0.3) is 0 Å². The van der Waals surface area contributed by atoms with Crippen molar-refractivity contribution in [3.05, 3.63) is 0 Å². The van der Waals surface area contributed by atoms with Crippen molar-refractivity contribution >= 4 is 11.8 Å². The maximum absolute atomic E-state index is 11.9. The highest BCUT2D eigenvalue weighted by Gasteiger charge is 2.35. The Balaban J connectivity index is 2.39. The van der Waals surface area contributed by atoms with Crippen LogP contribution in [0.15, 0.2) is 0 Å². The van der Waals surface area contributed by atoms with Crippen molar-refractivity contribution in [2.75, 3.05) is 26.3 Å². The van der Waals surface area contributed by atoms with Crippen LogP contribution in [-0.2, 0) is 14.3 Å². The first-order chi connectivity index (χ1) is 9.07. The van der Waals surface area contributed by atoms with Crippen LogP contribution >= 0.6 is 0 Å². The predicted molar refractivity (Wildman–Crippen MR) is 73.7 cm³/mol. The lowest BCUT2D eigenvalue weighted by Gasteiger charge is -2.37. The third-order valence-corrected chi connectivity index (χ3v) is 3.30. The van der Waals surface area contributed by atoms with E-state index in [1.54, 1.807) is 4.90 Å². The summed E-state index contributed by atoms with van der Waals surface area (Å²) in [4.78, 5) is 25.4. The Morgan fingerprint density at radius 2 is 2.00 bits per heavy atom. The SMILES string of the molecule is CCCCOCCCN1C(=O)CNC(=O)C1C(C)C. The molecule has 110 valence electrons. The number of carbonyl (C=O) groups excluding carboxylic acids is 2. The summed E-state index contributed by atoms with van der Waals surface area (Å²) in [6.45, 7) is 8.21. The molecule has 1 unspecified atom stereocenters. The topological polar surface area (TPSA) is 58.6 Å². The average Bonchev–Trinajstić information content (AvgIpc) is 2.37. The maximum Gasteiger partial charge on any atom is 0.243 e. The number of ether oxygens (including phenoxy) is 1. The number of piperazine rings is 1. The molecule has 5 heteroatoms. The molecule has 1 fully saturated rings. The van der Waals surface area contributed by atoms with Crippen molar-refractivity contribution in [1.82, 2.24) is 10.2 Å². The third kappa shape index (κ3) is 4.82. The van der Waals surface area contributed by atoms with Crippen molar-refractivity contribution in [1.29, 1.82) is 0 Å². The second-order valence-corrected chi connectivity index (χ2v) is 5.31. The Morgan fingerprint density at radius 1 is 1.32 bits per heavy atom. The van der Waals surface area contributed by atoms with E-state index >= 15 is 0 Å². The summed E-state index contributed by atoms with van der Waals surface area (Å²) in [5.74, 6) is 0.0959. The van der Waals surface area contributed by atoms with Gasteiger partial charge in [0.2, 0.25) is 11.8 Å². The number of rotatable bonds is 8. The van der Waals surface area contributed by atoms with Crippen LogP contribution in [0.2, 0.25) is 0 Å². The van der Waals surface area contributed by atoms with E-state index in [1.165, 1.54) is 0 Å². The minimum absolute atomic E-state index is 0.00635. The second-order valence-electron chi connectivity index (χ2n) is 5.31. The summed E-state index contributed by atoms with van der Waals surface area (Å²) in [5.41, 5.74) is 0. The molecular formula is C14H26N2O3. The largest absolute Gasteiger partial charge is 0.381 e. The minimum Gasteiger partial charge on any atom is -0.381 e. The van der Waals surface area contributed by atoms with Crippen molar-refractivity contribution in [2.24, 2.45) is 5.92 Å². The molecule has 1 rings (SSSR count). The minimum atomic E-state index is -0.336. The molecule has 1 saturated heterocycles. The van der Waals surface area contributed by atoms with Crippen LogP contribution in [0.5, 0.6) is 0 Å². The molecule has 5 nitrogen and oxygen atoms in total. The van der Waals surface area contributed by atoms with E-state index in [2.05, 4.69) is 12.2 Å². The number of amides is 2. The molecule has 0 radical (unpaired) electrons. The van der Waals surface area contributed by atoms with Gasteiger partial charge < -0.3 is 15.0 Å². The molecule has 0 aliphatic carbocycles. The van der Waals surface area contributed by atoms with Crippen LogP contribution in [0.4, 0.5) is 0 Å². The highest BCUT2D eigenvalue weighted by molar-refractivity contribution is 5.94. The molecule has 1 heterocycles. The molecule has 1 aliphatic rings. The van der Waals surface area contributed by atoms with Crippen LogP contribution in [0.3, 0.4) is 0 Å². The van der Waals surface area contributed by atoms with E-state index in [0.29, 0.717) is 13.2 Å². The second kappa shape index (κ2) is 8.15.